The van der Waals surface area contributed by atoms with Crippen molar-refractivity contribution in [3.05, 3.63) is 59.1 Å². The van der Waals surface area contributed by atoms with Crippen LogP contribution in [0.25, 0.3) is 0 Å². The molecule has 0 saturated heterocycles. The normalized spacial score (nSPS) is 16.6. The maximum absolute atomic E-state index is 12.8. The van der Waals surface area contributed by atoms with Gasteiger partial charge in [0.15, 0.2) is 6.10 Å². The summed E-state index contributed by atoms with van der Waals surface area (Å²) in [5.74, 6) is 0.0884. The van der Waals surface area contributed by atoms with Crippen LogP contribution in [0.15, 0.2) is 48.5 Å². The second kappa shape index (κ2) is 7.17. The van der Waals surface area contributed by atoms with E-state index < -0.39 is 16.1 Å². The summed E-state index contributed by atoms with van der Waals surface area (Å²) in [6.07, 6.45) is 0.213. The van der Waals surface area contributed by atoms with Crippen molar-refractivity contribution < 1.29 is 17.9 Å². The Bertz CT molecular complexity index is 915. The number of rotatable bonds is 4. The SMILES string of the molecule is CN(Cc1ccc(Cl)cc1)C(=O)C1CN(S(C)(=O)=O)c2ccccc2O1. The molecule has 26 heavy (non-hydrogen) atoms. The zero-order valence-electron chi connectivity index (χ0n) is 14.4. The van der Waals surface area contributed by atoms with E-state index in [9.17, 15) is 13.2 Å². The molecular weight excluding hydrogens is 376 g/mol. The highest BCUT2D eigenvalue weighted by molar-refractivity contribution is 7.92. The summed E-state index contributed by atoms with van der Waals surface area (Å²) in [5.41, 5.74) is 1.36. The van der Waals surface area contributed by atoms with Gasteiger partial charge in [0.05, 0.1) is 18.5 Å². The number of sulfonamides is 1. The average Bonchev–Trinajstić information content (AvgIpc) is 2.61. The molecule has 0 aromatic heterocycles. The molecule has 8 heteroatoms. The number of halogens is 1. The summed E-state index contributed by atoms with van der Waals surface area (Å²) in [4.78, 5) is 14.3. The smallest absolute Gasteiger partial charge is 0.265 e. The van der Waals surface area contributed by atoms with E-state index in [0.29, 0.717) is 23.0 Å². The quantitative estimate of drug-likeness (QED) is 0.799. The van der Waals surface area contributed by atoms with Gasteiger partial charge in [-0.25, -0.2) is 8.42 Å². The summed E-state index contributed by atoms with van der Waals surface area (Å²) in [7, 11) is -1.87. The molecule has 2 aromatic carbocycles. The fourth-order valence-electron chi connectivity index (χ4n) is 2.83. The molecule has 1 amide bonds. The number of anilines is 1. The van der Waals surface area contributed by atoms with Gasteiger partial charge in [-0.1, -0.05) is 35.9 Å². The third kappa shape index (κ3) is 3.94. The molecule has 138 valence electrons. The van der Waals surface area contributed by atoms with Crippen LogP contribution in [-0.4, -0.2) is 45.2 Å². The number of benzene rings is 2. The average molecular weight is 395 g/mol. The molecule has 1 heterocycles. The molecule has 1 unspecified atom stereocenters. The number of ether oxygens (including phenoxy) is 1. The first-order valence-electron chi connectivity index (χ1n) is 7.98. The van der Waals surface area contributed by atoms with Crippen molar-refractivity contribution in [1.29, 1.82) is 0 Å². The zero-order chi connectivity index (χ0) is 18.9. The first kappa shape index (κ1) is 18.5. The third-order valence-electron chi connectivity index (χ3n) is 4.12. The highest BCUT2D eigenvalue weighted by Crippen LogP contribution is 2.34. The lowest BCUT2D eigenvalue weighted by Gasteiger charge is -2.35. The largest absolute Gasteiger partial charge is 0.476 e. The van der Waals surface area contributed by atoms with E-state index in [4.69, 9.17) is 16.3 Å². The Labute approximate surface area is 158 Å². The van der Waals surface area contributed by atoms with Gasteiger partial charge < -0.3 is 9.64 Å². The van der Waals surface area contributed by atoms with Crippen LogP contribution < -0.4 is 9.04 Å². The van der Waals surface area contributed by atoms with Crippen LogP contribution in [0.2, 0.25) is 5.02 Å². The Kier molecular flexibility index (Phi) is 5.11. The van der Waals surface area contributed by atoms with Gasteiger partial charge >= 0.3 is 0 Å². The number of hydrogen-bond donors (Lipinski definition) is 0. The van der Waals surface area contributed by atoms with Crippen LogP contribution in [-0.2, 0) is 21.4 Å². The second-order valence-electron chi connectivity index (χ2n) is 6.19. The van der Waals surface area contributed by atoms with E-state index in [1.165, 1.54) is 9.21 Å². The number of carbonyl (C=O) groups is 1. The second-order valence-corrected chi connectivity index (χ2v) is 8.53. The molecule has 3 rings (SSSR count). The summed E-state index contributed by atoms with van der Waals surface area (Å²) in [6, 6.07) is 14.0. The predicted molar refractivity (Wildman–Crippen MR) is 101 cm³/mol. The maximum Gasteiger partial charge on any atom is 0.265 e. The van der Waals surface area contributed by atoms with E-state index in [2.05, 4.69) is 0 Å². The molecule has 6 nitrogen and oxygen atoms in total. The minimum Gasteiger partial charge on any atom is -0.476 e. The predicted octanol–water partition coefficient (Wildman–Crippen LogP) is 2.53. The van der Waals surface area contributed by atoms with Crippen LogP contribution in [0, 0.1) is 0 Å². The molecule has 1 atom stereocenters. The molecule has 0 aliphatic carbocycles. The van der Waals surface area contributed by atoms with Gasteiger partial charge in [-0.15, -0.1) is 0 Å². The number of fused-ring (bicyclic) bond motifs is 1. The molecule has 1 aliphatic heterocycles. The highest BCUT2D eigenvalue weighted by atomic mass is 35.5. The van der Waals surface area contributed by atoms with Crippen molar-refractivity contribution >= 4 is 33.2 Å². The van der Waals surface area contributed by atoms with Gasteiger partial charge in [0.25, 0.3) is 5.91 Å². The molecule has 2 aromatic rings. The highest BCUT2D eigenvalue weighted by Gasteiger charge is 2.36. The van der Waals surface area contributed by atoms with Crippen LogP contribution >= 0.6 is 11.6 Å². The van der Waals surface area contributed by atoms with Crippen molar-refractivity contribution in [2.45, 2.75) is 12.6 Å². The topological polar surface area (TPSA) is 66.9 Å². The Morgan fingerprint density at radius 2 is 1.88 bits per heavy atom. The fourth-order valence-corrected chi connectivity index (χ4v) is 3.87. The Hall–Kier alpha value is -2.25. The van der Waals surface area contributed by atoms with Gasteiger partial charge in [-0.05, 0) is 29.8 Å². The summed E-state index contributed by atoms with van der Waals surface area (Å²) < 4.78 is 31.3. The van der Waals surface area contributed by atoms with Gasteiger partial charge in [0, 0.05) is 18.6 Å². The third-order valence-corrected chi connectivity index (χ3v) is 5.52. The van der Waals surface area contributed by atoms with Crippen molar-refractivity contribution in [3.8, 4) is 5.75 Å². The number of hydrogen-bond acceptors (Lipinski definition) is 4. The van der Waals surface area contributed by atoms with Crippen LogP contribution in [0.4, 0.5) is 5.69 Å². The Balaban J connectivity index is 1.80. The van der Waals surface area contributed by atoms with E-state index in [0.717, 1.165) is 11.8 Å². The molecule has 0 N–H and O–H groups in total. The number of likely N-dealkylation sites (N-methyl/N-ethyl adjacent to an activating group) is 1. The lowest BCUT2D eigenvalue weighted by molar-refractivity contribution is -0.137. The molecule has 1 aliphatic rings. The first-order valence-corrected chi connectivity index (χ1v) is 10.2. The van der Waals surface area contributed by atoms with Crippen LogP contribution in [0.5, 0.6) is 5.75 Å². The molecule has 0 radical (unpaired) electrons. The maximum atomic E-state index is 12.8. The van der Waals surface area contributed by atoms with Crippen molar-refractivity contribution in [1.82, 2.24) is 4.90 Å². The number of nitrogens with zero attached hydrogens (tertiary/aromatic N) is 2. The molecule has 0 fully saturated rings. The van der Waals surface area contributed by atoms with Crippen molar-refractivity contribution in [2.75, 3.05) is 24.2 Å². The summed E-state index contributed by atoms with van der Waals surface area (Å²) in [6.45, 7) is 0.315. The standard InChI is InChI=1S/C18H19ClN2O4S/c1-20(11-13-7-9-14(19)10-8-13)18(22)17-12-21(26(2,23)24)15-5-3-4-6-16(15)25-17/h3-10,17H,11-12H2,1-2H3. The Morgan fingerprint density at radius 3 is 2.54 bits per heavy atom. The van der Waals surface area contributed by atoms with E-state index in [-0.39, 0.29) is 12.5 Å². The van der Waals surface area contributed by atoms with E-state index in [1.807, 2.05) is 12.1 Å². The van der Waals surface area contributed by atoms with Crippen LogP contribution in [0.3, 0.4) is 0 Å². The summed E-state index contributed by atoms with van der Waals surface area (Å²) in [5, 5.41) is 0.624. The van der Waals surface area contributed by atoms with E-state index >= 15 is 0 Å². The van der Waals surface area contributed by atoms with Gasteiger partial charge in [-0.3, -0.25) is 9.10 Å². The molecule has 0 bridgehead atoms. The van der Waals surface area contributed by atoms with Gasteiger partial charge in [-0.2, -0.15) is 0 Å². The fraction of sp³-hybridized carbons (Fsp3) is 0.278. The monoisotopic (exact) mass is 394 g/mol. The minimum atomic E-state index is -3.53. The van der Waals surface area contributed by atoms with Crippen molar-refractivity contribution in [2.24, 2.45) is 0 Å². The molecular formula is C18H19ClN2O4S. The number of para-hydroxylation sites is 2. The van der Waals surface area contributed by atoms with Gasteiger partial charge in [0.1, 0.15) is 5.75 Å². The van der Waals surface area contributed by atoms with Gasteiger partial charge in [0.2, 0.25) is 10.0 Å². The van der Waals surface area contributed by atoms with E-state index in [1.54, 1.807) is 43.4 Å². The molecule has 0 saturated carbocycles. The zero-order valence-corrected chi connectivity index (χ0v) is 16.0. The lowest BCUT2D eigenvalue weighted by atomic mass is 10.2. The summed E-state index contributed by atoms with van der Waals surface area (Å²) >= 11 is 5.88. The first-order chi connectivity index (χ1) is 12.3. The molecule has 0 spiro atoms. The van der Waals surface area contributed by atoms with Crippen molar-refractivity contribution in [3.63, 3.8) is 0 Å². The minimum absolute atomic E-state index is 0.0559. The van der Waals surface area contributed by atoms with Crippen LogP contribution in [0.1, 0.15) is 5.56 Å². The number of amides is 1. The number of carbonyl (C=O) groups excluding carboxylic acids is 1. The lowest BCUT2D eigenvalue weighted by Crippen LogP contribution is -2.50. The Morgan fingerprint density at radius 1 is 1.23 bits per heavy atom.